The molecular formula is C26H24N2O3. The fourth-order valence-electron chi connectivity index (χ4n) is 3.47. The zero-order chi connectivity index (χ0) is 21.8. The molecule has 0 radical (unpaired) electrons. The van der Waals surface area contributed by atoms with Crippen LogP contribution in [0.5, 0.6) is 5.75 Å². The molecule has 0 saturated carbocycles. The number of carbonyl (C=O) groups excluding carboxylic acids is 2. The van der Waals surface area contributed by atoms with Crippen molar-refractivity contribution in [1.82, 2.24) is 0 Å². The summed E-state index contributed by atoms with van der Waals surface area (Å²) in [6, 6.07) is 24.0. The minimum atomic E-state index is -0.392. The number of hydrogen-bond acceptors (Lipinski definition) is 4. The van der Waals surface area contributed by atoms with Crippen molar-refractivity contribution >= 4 is 28.8 Å². The van der Waals surface area contributed by atoms with E-state index < -0.39 is 5.91 Å². The molecule has 4 rings (SSSR count). The van der Waals surface area contributed by atoms with Crippen molar-refractivity contribution in [2.75, 3.05) is 16.8 Å². The van der Waals surface area contributed by atoms with Gasteiger partial charge in [-0.05, 0) is 43.2 Å². The van der Waals surface area contributed by atoms with E-state index in [1.165, 1.54) is 4.90 Å². The quantitative estimate of drug-likeness (QED) is 0.543. The number of amides is 2. The van der Waals surface area contributed by atoms with Crippen LogP contribution >= 0.6 is 0 Å². The van der Waals surface area contributed by atoms with Gasteiger partial charge in [0.1, 0.15) is 11.4 Å². The average molecular weight is 412 g/mol. The number of imide groups is 1. The maximum Gasteiger partial charge on any atom is 0.282 e. The van der Waals surface area contributed by atoms with Crippen LogP contribution in [0.2, 0.25) is 0 Å². The third kappa shape index (κ3) is 4.21. The smallest absolute Gasteiger partial charge is 0.282 e. The Bertz CT molecular complexity index is 1130. The number of carbonyl (C=O) groups is 2. The van der Waals surface area contributed by atoms with E-state index in [4.69, 9.17) is 4.74 Å². The Hall–Kier alpha value is -3.86. The lowest BCUT2D eigenvalue weighted by molar-refractivity contribution is -0.120. The van der Waals surface area contributed by atoms with Crippen LogP contribution in [0.1, 0.15) is 24.5 Å². The molecule has 0 aliphatic carbocycles. The molecule has 5 nitrogen and oxygen atoms in total. The Morgan fingerprint density at radius 3 is 2.32 bits per heavy atom. The highest BCUT2D eigenvalue weighted by Gasteiger charge is 2.40. The molecule has 0 bridgehead atoms. The summed E-state index contributed by atoms with van der Waals surface area (Å²) in [6.07, 6.45) is 0.871. The van der Waals surface area contributed by atoms with Gasteiger partial charge in [-0.25, -0.2) is 4.90 Å². The Morgan fingerprint density at radius 1 is 0.871 bits per heavy atom. The summed E-state index contributed by atoms with van der Waals surface area (Å²) in [6.45, 7) is 4.59. The molecule has 0 unspecified atom stereocenters. The second-order valence-electron chi connectivity index (χ2n) is 7.40. The van der Waals surface area contributed by atoms with Gasteiger partial charge < -0.3 is 10.1 Å². The van der Waals surface area contributed by atoms with Crippen LogP contribution in [0.15, 0.2) is 84.6 Å². The van der Waals surface area contributed by atoms with Crippen molar-refractivity contribution in [3.8, 4) is 5.75 Å². The van der Waals surface area contributed by atoms with Crippen LogP contribution in [0.25, 0.3) is 5.57 Å². The van der Waals surface area contributed by atoms with Gasteiger partial charge in [-0.15, -0.1) is 0 Å². The van der Waals surface area contributed by atoms with E-state index in [0.29, 0.717) is 29.2 Å². The first-order valence-electron chi connectivity index (χ1n) is 10.3. The van der Waals surface area contributed by atoms with Crippen LogP contribution in [0, 0.1) is 6.92 Å². The molecule has 0 spiro atoms. The first-order chi connectivity index (χ1) is 15.1. The third-order valence-electron chi connectivity index (χ3n) is 5.02. The topological polar surface area (TPSA) is 58.6 Å². The number of nitrogens with one attached hydrogen (secondary N) is 1. The summed E-state index contributed by atoms with van der Waals surface area (Å²) in [5, 5.41) is 3.18. The Balaban J connectivity index is 1.74. The van der Waals surface area contributed by atoms with Gasteiger partial charge in [-0.2, -0.15) is 0 Å². The molecule has 0 saturated heterocycles. The number of rotatable bonds is 7. The molecule has 3 aromatic carbocycles. The van der Waals surface area contributed by atoms with Crippen molar-refractivity contribution in [2.24, 2.45) is 0 Å². The molecule has 31 heavy (non-hydrogen) atoms. The molecule has 0 atom stereocenters. The standard InChI is InChI=1S/C26H24N2O3/c1-3-16-31-22-11-7-10-21(17-22)28-25(29)23(19-8-5-4-6-9-19)24(26(28)30)27-20-14-12-18(2)13-15-20/h4-15,17,27H,3,16H2,1-2H3. The minimum Gasteiger partial charge on any atom is -0.494 e. The summed E-state index contributed by atoms with van der Waals surface area (Å²) in [7, 11) is 0. The zero-order valence-electron chi connectivity index (χ0n) is 17.6. The summed E-state index contributed by atoms with van der Waals surface area (Å²) < 4.78 is 5.69. The van der Waals surface area contributed by atoms with E-state index in [9.17, 15) is 9.59 Å². The first-order valence-corrected chi connectivity index (χ1v) is 10.3. The van der Waals surface area contributed by atoms with Crippen LogP contribution in [0.3, 0.4) is 0 Å². The second-order valence-corrected chi connectivity index (χ2v) is 7.40. The van der Waals surface area contributed by atoms with Gasteiger partial charge in [-0.3, -0.25) is 9.59 Å². The van der Waals surface area contributed by atoms with E-state index in [1.807, 2.05) is 74.5 Å². The number of nitrogens with zero attached hydrogens (tertiary/aromatic N) is 1. The van der Waals surface area contributed by atoms with Gasteiger partial charge in [-0.1, -0.05) is 61.0 Å². The van der Waals surface area contributed by atoms with Crippen molar-refractivity contribution < 1.29 is 14.3 Å². The normalized spacial score (nSPS) is 13.7. The van der Waals surface area contributed by atoms with Crippen LogP contribution < -0.4 is 15.0 Å². The Kier molecular flexibility index (Phi) is 5.85. The molecule has 1 N–H and O–H groups in total. The number of anilines is 2. The Morgan fingerprint density at radius 2 is 1.61 bits per heavy atom. The maximum absolute atomic E-state index is 13.5. The molecule has 0 aromatic heterocycles. The Labute approximate surface area is 182 Å². The number of aryl methyl sites for hydroxylation is 1. The largest absolute Gasteiger partial charge is 0.494 e. The molecule has 1 heterocycles. The van der Waals surface area contributed by atoms with Gasteiger partial charge in [0.05, 0.1) is 17.9 Å². The molecule has 0 fully saturated rings. The van der Waals surface area contributed by atoms with E-state index in [-0.39, 0.29) is 11.6 Å². The molecular weight excluding hydrogens is 388 g/mol. The van der Waals surface area contributed by atoms with Gasteiger partial charge in [0.25, 0.3) is 11.8 Å². The minimum absolute atomic E-state index is 0.264. The predicted molar refractivity (Wildman–Crippen MR) is 123 cm³/mol. The summed E-state index contributed by atoms with van der Waals surface area (Å²) in [5.74, 6) is -0.128. The first kappa shape index (κ1) is 20.4. The summed E-state index contributed by atoms with van der Waals surface area (Å²) in [4.78, 5) is 28.1. The van der Waals surface area contributed by atoms with Crippen molar-refractivity contribution in [3.05, 3.63) is 95.7 Å². The highest BCUT2D eigenvalue weighted by atomic mass is 16.5. The molecule has 3 aromatic rings. The fourth-order valence-corrected chi connectivity index (χ4v) is 3.47. The van der Waals surface area contributed by atoms with Crippen LogP contribution in [-0.4, -0.2) is 18.4 Å². The van der Waals surface area contributed by atoms with Crippen molar-refractivity contribution in [2.45, 2.75) is 20.3 Å². The lowest BCUT2D eigenvalue weighted by Gasteiger charge is -2.16. The maximum atomic E-state index is 13.5. The van der Waals surface area contributed by atoms with Gasteiger partial charge >= 0.3 is 0 Å². The summed E-state index contributed by atoms with van der Waals surface area (Å²) >= 11 is 0. The van der Waals surface area contributed by atoms with E-state index >= 15 is 0 Å². The average Bonchev–Trinajstić information content (AvgIpc) is 3.04. The predicted octanol–water partition coefficient (Wildman–Crippen LogP) is 5.18. The SMILES string of the molecule is CCCOc1cccc(N2C(=O)C(Nc3ccc(C)cc3)=C(c3ccccc3)C2=O)c1. The monoisotopic (exact) mass is 412 g/mol. The van der Waals surface area contributed by atoms with Crippen molar-refractivity contribution in [1.29, 1.82) is 0 Å². The van der Waals surface area contributed by atoms with Crippen molar-refractivity contribution in [3.63, 3.8) is 0 Å². The van der Waals surface area contributed by atoms with Gasteiger partial charge in [0.2, 0.25) is 0 Å². The number of hydrogen-bond donors (Lipinski definition) is 1. The van der Waals surface area contributed by atoms with E-state index in [0.717, 1.165) is 17.7 Å². The van der Waals surface area contributed by atoms with Crippen LogP contribution in [0.4, 0.5) is 11.4 Å². The molecule has 5 heteroatoms. The molecule has 156 valence electrons. The molecule has 1 aliphatic rings. The van der Waals surface area contributed by atoms with E-state index in [1.54, 1.807) is 18.2 Å². The zero-order valence-corrected chi connectivity index (χ0v) is 17.6. The lowest BCUT2D eigenvalue weighted by atomic mass is 10.0. The summed E-state index contributed by atoms with van der Waals surface area (Å²) in [5.41, 5.74) is 3.65. The highest BCUT2D eigenvalue weighted by Crippen LogP contribution is 2.34. The number of benzene rings is 3. The lowest BCUT2D eigenvalue weighted by Crippen LogP contribution is -2.32. The second kappa shape index (κ2) is 8.88. The molecule has 1 aliphatic heterocycles. The van der Waals surface area contributed by atoms with Gasteiger partial charge in [0.15, 0.2) is 0 Å². The molecule has 2 amide bonds. The third-order valence-corrected chi connectivity index (χ3v) is 5.02. The highest BCUT2D eigenvalue weighted by molar-refractivity contribution is 6.46. The fraction of sp³-hybridized carbons (Fsp3) is 0.154. The van der Waals surface area contributed by atoms with Crippen LogP contribution in [-0.2, 0) is 9.59 Å². The number of ether oxygens (including phenoxy) is 1. The van der Waals surface area contributed by atoms with Gasteiger partial charge in [0, 0.05) is 11.8 Å². The van der Waals surface area contributed by atoms with E-state index in [2.05, 4.69) is 5.32 Å².